The van der Waals surface area contributed by atoms with E-state index in [0.29, 0.717) is 11.4 Å². The fourth-order valence-corrected chi connectivity index (χ4v) is 0.933. The second-order valence-electron chi connectivity index (χ2n) is 2.38. The molecule has 0 saturated heterocycles. The van der Waals surface area contributed by atoms with E-state index >= 15 is 0 Å². The Hall–Kier alpha value is -1.28. The molecule has 0 unspecified atom stereocenters. The standard InChI is InChI=1S/C5H8N4O3S/c1-3-4(2)7-8-5(6-3)9-13(10,11)12/h1-2H3,(H,6,8,9)(H,10,11,12). The highest BCUT2D eigenvalue weighted by Gasteiger charge is 2.07. The van der Waals surface area contributed by atoms with E-state index in [-0.39, 0.29) is 5.95 Å². The van der Waals surface area contributed by atoms with Crippen LogP contribution in [-0.2, 0) is 10.3 Å². The zero-order valence-electron chi connectivity index (χ0n) is 7.01. The number of rotatable bonds is 2. The molecule has 0 radical (unpaired) electrons. The van der Waals surface area contributed by atoms with Crippen molar-refractivity contribution in [3.63, 3.8) is 0 Å². The Morgan fingerprint density at radius 1 is 1.23 bits per heavy atom. The molecular weight excluding hydrogens is 196 g/mol. The fourth-order valence-electron chi connectivity index (χ4n) is 0.615. The van der Waals surface area contributed by atoms with Gasteiger partial charge >= 0.3 is 10.3 Å². The first kappa shape index (κ1) is 9.81. The van der Waals surface area contributed by atoms with Crippen LogP contribution in [0.1, 0.15) is 11.4 Å². The van der Waals surface area contributed by atoms with Crippen LogP contribution in [0.4, 0.5) is 5.95 Å². The first-order valence-corrected chi connectivity index (χ1v) is 4.75. The van der Waals surface area contributed by atoms with Crippen LogP contribution in [0.25, 0.3) is 0 Å². The normalized spacial score (nSPS) is 11.3. The molecule has 0 bridgehead atoms. The predicted octanol–water partition coefficient (Wildman–Crippen LogP) is -0.297. The van der Waals surface area contributed by atoms with Crippen LogP contribution in [0, 0.1) is 13.8 Å². The van der Waals surface area contributed by atoms with Gasteiger partial charge in [0, 0.05) is 0 Å². The molecular formula is C5H8N4O3S. The van der Waals surface area contributed by atoms with Gasteiger partial charge in [-0.3, -0.25) is 4.55 Å². The molecule has 1 aromatic heterocycles. The van der Waals surface area contributed by atoms with Gasteiger partial charge in [0.25, 0.3) is 5.95 Å². The molecule has 0 amide bonds. The van der Waals surface area contributed by atoms with Gasteiger partial charge in [-0.2, -0.15) is 13.5 Å². The Labute approximate surface area is 75.1 Å². The molecule has 8 heteroatoms. The Morgan fingerprint density at radius 2 is 1.85 bits per heavy atom. The number of nitrogens with one attached hydrogen (secondary N) is 1. The lowest BCUT2D eigenvalue weighted by Crippen LogP contribution is -2.14. The second kappa shape index (κ2) is 3.23. The SMILES string of the molecule is Cc1nnc(NS(=O)(=O)O)nc1C. The maximum atomic E-state index is 10.3. The van der Waals surface area contributed by atoms with Gasteiger partial charge in [-0.25, -0.2) is 9.71 Å². The molecule has 0 aromatic carbocycles. The first-order chi connectivity index (χ1) is 5.88. The van der Waals surface area contributed by atoms with Gasteiger partial charge < -0.3 is 0 Å². The Morgan fingerprint density at radius 3 is 2.31 bits per heavy atom. The topological polar surface area (TPSA) is 105 Å². The number of hydrogen-bond acceptors (Lipinski definition) is 5. The molecule has 0 saturated carbocycles. The van der Waals surface area contributed by atoms with Crippen molar-refractivity contribution in [2.75, 3.05) is 4.72 Å². The number of hydrogen-bond donors (Lipinski definition) is 2. The highest BCUT2D eigenvalue weighted by Crippen LogP contribution is 2.02. The molecule has 1 heterocycles. The molecule has 1 aromatic rings. The smallest absolute Gasteiger partial charge is 0.269 e. The van der Waals surface area contributed by atoms with E-state index in [0.717, 1.165) is 0 Å². The van der Waals surface area contributed by atoms with Crippen LogP contribution >= 0.6 is 0 Å². The van der Waals surface area contributed by atoms with E-state index < -0.39 is 10.3 Å². The van der Waals surface area contributed by atoms with Crippen LogP contribution in [0.3, 0.4) is 0 Å². The minimum atomic E-state index is -4.32. The average molecular weight is 204 g/mol. The molecule has 72 valence electrons. The summed E-state index contributed by atoms with van der Waals surface area (Å²) in [6, 6.07) is 0. The van der Waals surface area contributed by atoms with Crippen LogP contribution in [0.15, 0.2) is 0 Å². The van der Waals surface area contributed by atoms with Crippen molar-refractivity contribution >= 4 is 16.3 Å². The molecule has 7 nitrogen and oxygen atoms in total. The fraction of sp³-hybridized carbons (Fsp3) is 0.400. The predicted molar refractivity (Wildman–Crippen MR) is 44.5 cm³/mol. The van der Waals surface area contributed by atoms with Crippen molar-refractivity contribution in [2.24, 2.45) is 0 Å². The van der Waals surface area contributed by atoms with Gasteiger partial charge in [0.2, 0.25) is 0 Å². The molecule has 0 fully saturated rings. The summed E-state index contributed by atoms with van der Waals surface area (Å²) >= 11 is 0. The van der Waals surface area contributed by atoms with Crippen molar-refractivity contribution in [1.82, 2.24) is 15.2 Å². The Balaban J connectivity index is 2.99. The van der Waals surface area contributed by atoms with Crippen LogP contribution in [-0.4, -0.2) is 28.2 Å². The molecule has 13 heavy (non-hydrogen) atoms. The van der Waals surface area contributed by atoms with Crippen LogP contribution < -0.4 is 4.72 Å². The summed E-state index contributed by atoms with van der Waals surface area (Å²) in [6.07, 6.45) is 0. The number of anilines is 1. The summed E-state index contributed by atoms with van der Waals surface area (Å²) < 4.78 is 30.7. The molecule has 2 N–H and O–H groups in total. The zero-order valence-corrected chi connectivity index (χ0v) is 7.83. The van der Waals surface area contributed by atoms with E-state index in [4.69, 9.17) is 4.55 Å². The molecule has 0 atom stereocenters. The first-order valence-electron chi connectivity index (χ1n) is 3.31. The molecule has 1 rings (SSSR count). The summed E-state index contributed by atoms with van der Waals surface area (Å²) in [4.78, 5) is 3.73. The molecule has 0 spiro atoms. The van der Waals surface area contributed by atoms with Crippen molar-refractivity contribution in [3.8, 4) is 0 Å². The lowest BCUT2D eigenvalue weighted by molar-refractivity contribution is 0.489. The highest BCUT2D eigenvalue weighted by atomic mass is 32.2. The largest absolute Gasteiger partial charge is 0.359 e. The Bertz CT molecular complexity index is 416. The number of aryl methyl sites for hydroxylation is 2. The molecule has 0 aliphatic carbocycles. The van der Waals surface area contributed by atoms with Crippen molar-refractivity contribution in [1.29, 1.82) is 0 Å². The minimum Gasteiger partial charge on any atom is -0.269 e. The van der Waals surface area contributed by atoms with Gasteiger partial charge in [-0.1, -0.05) is 0 Å². The van der Waals surface area contributed by atoms with Gasteiger partial charge in [0.15, 0.2) is 0 Å². The van der Waals surface area contributed by atoms with Crippen molar-refractivity contribution in [2.45, 2.75) is 13.8 Å². The van der Waals surface area contributed by atoms with E-state index in [1.54, 1.807) is 18.6 Å². The van der Waals surface area contributed by atoms with Gasteiger partial charge in [-0.15, -0.1) is 5.10 Å². The number of nitrogens with zero attached hydrogens (tertiary/aromatic N) is 3. The maximum absolute atomic E-state index is 10.3. The lowest BCUT2D eigenvalue weighted by atomic mass is 10.4. The summed E-state index contributed by atoms with van der Waals surface area (Å²) in [5.41, 5.74) is 1.14. The van der Waals surface area contributed by atoms with Crippen molar-refractivity contribution in [3.05, 3.63) is 11.4 Å². The summed E-state index contributed by atoms with van der Waals surface area (Å²) in [5, 5.41) is 7.03. The van der Waals surface area contributed by atoms with Crippen LogP contribution in [0.5, 0.6) is 0 Å². The summed E-state index contributed by atoms with van der Waals surface area (Å²) in [5.74, 6) is -0.245. The third-order valence-electron chi connectivity index (χ3n) is 1.31. The van der Waals surface area contributed by atoms with E-state index in [2.05, 4.69) is 15.2 Å². The van der Waals surface area contributed by atoms with E-state index in [9.17, 15) is 8.42 Å². The van der Waals surface area contributed by atoms with Crippen LogP contribution in [0.2, 0.25) is 0 Å². The van der Waals surface area contributed by atoms with Gasteiger partial charge in [0.05, 0.1) is 11.4 Å². The zero-order chi connectivity index (χ0) is 10.1. The Kier molecular flexibility index (Phi) is 2.43. The number of aromatic nitrogens is 3. The third kappa shape index (κ3) is 2.92. The second-order valence-corrected chi connectivity index (χ2v) is 3.54. The van der Waals surface area contributed by atoms with Gasteiger partial charge in [-0.05, 0) is 13.8 Å². The van der Waals surface area contributed by atoms with Gasteiger partial charge in [0.1, 0.15) is 0 Å². The monoisotopic (exact) mass is 204 g/mol. The highest BCUT2D eigenvalue weighted by molar-refractivity contribution is 7.87. The lowest BCUT2D eigenvalue weighted by Gasteiger charge is -2.01. The quantitative estimate of drug-likeness (QED) is 0.641. The van der Waals surface area contributed by atoms with Crippen molar-refractivity contribution < 1.29 is 13.0 Å². The molecule has 0 aliphatic rings. The summed E-state index contributed by atoms with van der Waals surface area (Å²) in [7, 11) is -4.32. The minimum absolute atomic E-state index is 0.245. The third-order valence-corrected chi connectivity index (χ3v) is 1.75. The van der Waals surface area contributed by atoms with E-state index in [1.807, 2.05) is 0 Å². The molecule has 0 aliphatic heterocycles. The van der Waals surface area contributed by atoms with E-state index in [1.165, 1.54) is 0 Å². The average Bonchev–Trinajstić information content (AvgIpc) is 1.94. The summed E-state index contributed by atoms with van der Waals surface area (Å²) in [6.45, 7) is 3.34. The maximum Gasteiger partial charge on any atom is 0.359 e.